The number of benzene rings is 1. The van der Waals surface area contributed by atoms with Crippen molar-refractivity contribution in [3.8, 4) is 0 Å². The molecule has 0 heterocycles. The highest BCUT2D eigenvalue weighted by molar-refractivity contribution is 6.42. The summed E-state index contributed by atoms with van der Waals surface area (Å²) >= 11 is 11.3. The third-order valence-corrected chi connectivity index (χ3v) is 2.64. The average molecular weight is 263 g/mol. The number of ketones is 1. The predicted molar refractivity (Wildman–Crippen MR) is 59.1 cm³/mol. The zero-order chi connectivity index (χ0) is 12.3. The van der Waals surface area contributed by atoms with Gasteiger partial charge in [0.15, 0.2) is 11.9 Å². The van der Waals surface area contributed by atoms with Gasteiger partial charge in [-0.05, 0) is 18.2 Å². The van der Waals surface area contributed by atoms with Gasteiger partial charge < -0.3 is 10.2 Å². The molecule has 2 N–H and O–H groups in total. The first-order chi connectivity index (χ1) is 7.41. The lowest BCUT2D eigenvalue weighted by atomic mass is 10.1. The number of carboxylic acids is 1. The molecule has 86 valence electrons. The molecule has 16 heavy (non-hydrogen) atoms. The van der Waals surface area contributed by atoms with Crippen LogP contribution in [0.2, 0.25) is 10.0 Å². The van der Waals surface area contributed by atoms with Crippen LogP contribution in [0, 0.1) is 0 Å². The molecule has 0 saturated heterocycles. The highest BCUT2D eigenvalue weighted by atomic mass is 35.5. The van der Waals surface area contributed by atoms with Crippen LogP contribution in [0.5, 0.6) is 0 Å². The fraction of sp³-hybridized carbons (Fsp3) is 0.200. The smallest absolute Gasteiger partial charge is 0.332 e. The monoisotopic (exact) mass is 262 g/mol. The zero-order valence-corrected chi connectivity index (χ0v) is 9.50. The van der Waals surface area contributed by atoms with E-state index < -0.39 is 24.3 Å². The Bertz CT molecular complexity index is 431. The Morgan fingerprint density at radius 2 is 1.88 bits per heavy atom. The van der Waals surface area contributed by atoms with Crippen molar-refractivity contribution >= 4 is 35.0 Å². The summed E-state index contributed by atoms with van der Waals surface area (Å²) in [6, 6.07) is 4.19. The number of aliphatic hydroxyl groups is 1. The first-order valence-electron chi connectivity index (χ1n) is 4.31. The standard InChI is InChI=1S/C10H8Cl2O4/c11-6-2-1-5(3-7(6)12)8(13)4-9(14)10(15)16/h1-3,9,14H,4H2,(H,15,16)/t9-/m1/s1. The number of carbonyl (C=O) groups excluding carboxylic acids is 1. The lowest BCUT2D eigenvalue weighted by Crippen LogP contribution is -2.23. The highest BCUT2D eigenvalue weighted by Crippen LogP contribution is 2.23. The number of hydrogen-bond donors (Lipinski definition) is 2. The summed E-state index contributed by atoms with van der Waals surface area (Å²) in [5.41, 5.74) is 0.217. The summed E-state index contributed by atoms with van der Waals surface area (Å²) in [6.07, 6.45) is -2.20. The Morgan fingerprint density at radius 3 is 2.38 bits per heavy atom. The van der Waals surface area contributed by atoms with Crippen molar-refractivity contribution in [1.82, 2.24) is 0 Å². The molecular formula is C10H8Cl2O4. The molecule has 0 radical (unpaired) electrons. The van der Waals surface area contributed by atoms with Crippen molar-refractivity contribution < 1.29 is 19.8 Å². The molecule has 0 unspecified atom stereocenters. The van der Waals surface area contributed by atoms with Gasteiger partial charge in [-0.1, -0.05) is 23.2 Å². The minimum atomic E-state index is -1.71. The second kappa shape index (κ2) is 5.30. The van der Waals surface area contributed by atoms with E-state index in [1.807, 2.05) is 0 Å². The summed E-state index contributed by atoms with van der Waals surface area (Å²) in [6.45, 7) is 0. The molecule has 4 nitrogen and oxygen atoms in total. The number of aliphatic hydroxyl groups excluding tert-OH is 1. The van der Waals surface area contributed by atoms with Gasteiger partial charge in [0.1, 0.15) is 0 Å². The van der Waals surface area contributed by atoms with E-state index in [0.717, 1.165) is 0 Å². The Kier molecular flexibility index (Phi) is 4.29. The van der Waals surface area contributed by atoms with Crippen LogP contribution >= 0.6 is 23.2 Å². The SMILES string of the molecule is O=C(C[C@@H](O)C(=O)O)c1ccc(Cl)c(Cl)c1. The summed E-state index contributed by atoms with van der Waals surface area (Å²) in [5, 5.41) is 17.9. The van der Waals surface area contributed by atoms with Gasteiger partial charge in [0.25, 0.3) is 0 Å². The first-order valence-corrected chi connectivity index (χ1v) is 5.06. The number of aliphatic carboxylic acids is 1. The van der Waals surface area contributed by atoms with Crippen LogP contribution in [0.4, 0.5) is 0 Å². The van der Waals surface area contributed by atoms with E-state index in [2.05, 4.69) is 0 Å². The zero-order valence-electron chi connectivity index (χ0n) is 7.98. The van der Waals surface area contributed by atoms with Gasteiger partial charge in [0.2, 0.25) is 0 Å². The number of carboxylic acid groups (broad SMARTS) is 1. The van der Waals surface area contributed by atoms with Gasteiger partial charge >= 0.3 is 5.97 Å². The summed E-state index contributed by atoms with van der Waals surface area (Å²) in [7, 11) is 0. The molecule has 1 aromatic rings. The molecule has 0 saturated carbocycles. The molecule has 1 aromatic carbocycles. The van der Waals surface area contributed by atoms with Crippen LogP contribution < -0.4 is 0 Å². The van der Waals surface area contributed by atoms with Crippen molar-refractivity contribution in [2.45, 2.75) is 12.5 Å². The fourth-order valence-corrected chi connectivity index (χ4v) is 1.35. The van der Waals surface area contributed by atoms with Crippen LogP contribution in [0.1, 0.15) is 16.8 Å². The van der Waals surface area contributed by atoms with Crippen molar-refractivity contribution in [3.63, 3.8) is 0 Å². The van der Waals surface area contributed by atoms with Crippen molar-refractivity contribution in [2.24, 2.45) is 0 Å². The van der Waals surface area contributed by atoms with Gasteiger partial charge in [-0.2, -0.15) is 0 Å². The normalized spacial score (nSPS) is 12.2. The van der Waals surface area contributed by atoms with Crippen LogP contribution in [0.15, 0.2) is 18.2 Å². The molecule has 6 heteroatoms. The van der Waals surface area contributed by atoms with E-state index in [0.29, 0.717) is 5.02 Å². The van der Waals surface area contributed by atoms with Gasteiger partial charge in [0, 0.05) is 12.0 Å². The summed E-state index contributed by atoms with van der Waals surface area (Å²) in [5.74, 6) is -1.94. The minimum Gasteiger partial charge on any atom is -0.479 e. The maximum Gasteiger partial charge on any atom is 0.332 e. The van der Waals surface area contributed by atoms with Gasteiger partial charge in [-0.3, -0.25) is 4.79 Å². The number of Topliss-reactive ketones (excluding diaryl/α,β-unsaturated/α-hetero) is 1. The van der Waals surface area contributed by atoms with Crippen molar-refractivity contribution in [1.29, 1.82) is 0 Å². The third kappa shape index (κ3) is 3.20. The fourth-order valence-electron chi connectivity index (χ4n) is 1.05. The topological polar surface area (TPSA) is 74.6 Å². The van der Waals surface area contributed by atoms with E-state index in [-0.39, 0.29) is 10.6 Å². The van der Waals surface area contributed by atoms with E-state index in [1.165, 1.54) is 18.2 Å². The van der Waals surface area contributed by atoms with Crippen molar-refractivity contribution in [2.75, 3.05) is 0 Å². The molecule has 0 fully saturated rings. The van der Waals surface area contributed by atoms with Gasteiger partial charge in [-0.15, -0.1) is 0 Å². The molecular weight excluding hydrogens is 255 g/mol. The van der Waals surface area contributed by atoms with E-state index in [9.17, 15) is 9.59 Å². The van der Waals surface area contributed by atoms with Crippen molar-refractivity contribution in [3.05, 3.63) is 33.8 Å². The maximum absolute atomic E-state index is 11.5. The Morgan fingerprint density at radius 1 is 1.25 bits per heavy atom. The van der Waals surface area contributed by atoms with Crippen LogP contribution in [-0.4, -0.2) is 28.1 Å². The summed E-state index contributed by atoms with van der Waals surface area (Å²) in [4.78, 5) is 21.8. The number of hydrogen-bond acceptors (Lipinski definition) is 3. The van der Waals surface area contributed by atoms with E-state index in [4.69, 9.17) is 33.4 Å². The molecule has 0 aromatic heterocycles. The molecule has 0 spiro atoms. The van der Waals surface area contributed by atoms with Crippen LogP contribution in [0.25, 0.3) is 0 Å². The first kappa shape index (κ1) is 13.0. The molecule has 0 aliphatic rings. The van der Waals surface area contributed by atoms with E-state index >= 15 is 0 Å². The molecule has 1 atom stereocenters. The third-order valence-electron chi connectivity index (χ3n) is 1.91. The van der Waals surface area contributed by atoms with Gasteiger partial charge in [-0.25, -0.2) is 4.79 Å². The van der Waals surface area contributed by atoms with Crippen LogP contribution in [-0.2, 0) is 4.79 Å². The molecule has 0 aliphatic heterocycles. The maximum atomic E-state index is 11.5. The highest BCUT2D eigenvalue weighted by Gasteiger charge is 2.19. The Balaban J connectivity index is 2.81. The number of rotatable bonds is 4. The Labute approximate surface area is 101 Å². The quantitative estimate of drug-likeness (QED) is 0.815. The van der Waals surface area contributed by atoms with E-state index in [1.54, 1.807) is 0 Å². The molecule has 0 aliphatic carbocycles. The second-order valence-electron chi connectivity index (χ2n) is 3.11. The predicted octanol–water partition coefficient (Wildman–Crippen LogP) is 2.01. The largest absolute Gasteiger partial charge is 0.479 e. The summed E-state index contributed by atoms with van der Waals surface area (Å²) < 4.78 is 0. The number of halogens is 2. The second-order valence-corrected chi connectivity index (χ2v) is 3.92. The average Bonchev–Trinajstić information content (AvgIpc) is 2.21. The molecule has 1 rings (SSSR count). The Hall–Kier alpha value is -1.10. The lowest BCUT2D eigenvalue weighted by molar-refractivity contribution is -0.146. The lowest BCUT2D eigenvalue weighted by Gasteiger charge is -2.05. The molecule has 0 amide bonds. The molecule has 0 bridgehead atoms. The minimum absolute atomic E-state index is 0.206. The van der Waals surface area contributed by atoms with Gasteiger partial charge in [0.05, 0.1) is 10.0 Å². The van der Waals surface area contributed by atoms with Crippen LogP contribution in [0.3, 0.4) is 0 Å². The number of carbonyl (C=O) groups is 2.